The van der Waals surface area contributed by atoms with Gasteiger partial charge in [-0.15, -0.1) is 0 Å². The molecule has 0 aliphatic heterocycles. The fourth-order valence-corrected chi connectivity index (χ4v) is 5.15. The smallest absolute Gasteiger partial charge is 0.244 e. The van der Waals surface area contributed by atoms with Crippen molar-refractivity contribution in [1.29, 1.82) is 0 Å². The Morgan fingerprint density at radius 1 is 0.900 bits per heavy atom. The number of hydrogen-bond acceptors (Lipinski definition) is 6. The largest absolute Gasteiger partial charge is 0.497 e. The lowest BCUT2D eigenvalue weighted by molar-refractivity contribution is -0.140. The first-order chi connectivity index (χ1) is 19.2. The van der Waals surface area contributed by atoms with E-state index < -0.39 is 28.5 Å². The number of anilines is 1. The van der Waals surface area contributed by atoms with Crippen LogP contribution in [-0.2, 0) is 32.6 Å². The number of likely N-dealkylation sites (N-methyl/N-ethyl adjacent to an activating group) is 1. The molecule has 3 rings (SSSR count). The average Bonchev–Trinajstić information content (AvgIpc) is 2.94. The number of ether oxygens (including phenoxy) is 2. The third-order valence-electron chi connectivity index (χ3n) is 6.22. The van der Waals surface area contributed by atoms with Gasteiger partial charge in [0.1, 0.15) is 24.1 Å². The number of benzene rings is 3. The molecule has 0 heterocycles. The predicted molar refractivity (Wildman–Crippen MR) is 156 cm³/mol. The van der Waals surface area contributed by atoms with Gasteiger partial charge in [0.05, 0.1) is 25.7 Å². The summed E-state index contributed by atoms with van der Waals surface area (Å²) in [7, 11) is -2.29. The van der Waals surface area contributed by atoms with Crippen molar-refractivity contribution in [2.24, 2.45) is 0 Å². The lowest BCUT2D eigenvalue weighted by Crippen LogP contribution is -2.53. The second kappa shape index (κ2) is 14.4. The summed E-state index contributed by atoms with van der Waals surface area (Å²) in [6, 6.07) is 22.2. The zero-order valence-corrected chi connectivity index (χ0v) is 24.2. The summed E-state index contributed by atoms with van der Waals surface area (Å²) in [4.78, 5) is 28.9. The number of nitrogens with zero attached hydrogens (tertiary/aromatic N) is 2. The lowest BCUT2D eigenvalue weighted by Gasteiger charge is -2.33. The van der Waals surface area contributed by atoms with Gasteiger partial charge in [0.25, 0.3) is 0 Å². The molecule has 3 aromatic rings. The van der Waals surface area contributed by atoms with Crippen LogP contribution in [0.25, 0.3) is 0 Å². The second-order valence-corrected chi connectivity index (χ2v) is 11.1. The van der Waals surface area contributed by atoms with Gasteiger partial charge in [-0.25, -0.2) is 8.42 Å². The highest BCUT2D eigenvalue weighted by Crippen LogP contribution is 2.24. The number of hydrogen-bond donors (Lipinski definition) is 1. The standard InChI is InChI=1S/C30H37N3O6S/c1-5-31-30(35)28(20-23-11-8-7-9-12-23)32(21-24-13-10-14-27(19-24)38-3)29(34)22-33(40(4,36)37)25-15-17-26(18-16-25)39-6-2/h7-19,28H,5-6,20-22H2,1-4H3,(H,31,35)/t28-/m1/s1. The Morgan fingerprint density at radius 2 is 1.57 bits per heavy atom. The number of amides is 2. The molecule has 0 aromatic heterocycles. The Kier molecular flexibility index (Phi) is 11.0. The molecule has 1 N–H and O–H groups in total. The minimum Gasteiger partial charge on any atom is -0.497 e. The molecule has 0 radical (unpaired) electrons. The fourth-order valence-electron chi connectivity index (χ4n) is 4.30. The lowest BCUT2D eigenvalue weighted by atomic mass is 10.0. The summed E-state index contributed by atoms with van der Waals surface area (Å²) in [6.07, 6.45) is 1.30. The molecular weight excluding hydrogens is 530 g/mol. The van der Waals surface area contributed by atoms with Crippen molar-refractivity contribution in [3.8, 4) is 11.5 Å². The van der Waals surface area contributed by atoms with E-state index in [1.54, 1.807) is 49.6 Å². The second-order valence-electron chi connectivity index (χ2n) is 9.17. The van der Waals surface area contributed by atoms with Crippen LogP contribution in [0.3, 0.4) is 0 Å². The summed E-state index contributed by atoms with van der Waals surface area (Å²) in [5, 5.41) is 2.84. The van der Waals surface area contributed by atoms with Gasteiger partial charge in [-0.05, 0) is 61.4 Å². The zero-order valence-electron chi connectivity index (χ0n) is 23.4. The van der Waals surface area contributed by atoms with Crippen molar-refractivity contribution >= 4 is 27.5 Å². The molecule has 0 unspecified atom stereocenters. The van der Waals surface area contributed by atoms with Gasteiger partial charge < -0.3 is 19.7 Å². The predicted octanol–water partition coefficient (Wildman–Crippen LogP) is 3.64. The van der Waals surface area contributed by atoms with Crippen LogP contribution in [0, 0.1) is 0 Å². The van der Waals surface area contributed by atoms with Crippen LogP contribution in [0.2, 0.25) is 0 Å². The summed E-state index contributed by atoms with van der Waals surface area (Å²) in [6.45, 7) is 4.10. The van der Waals surface area contributed by atoms with E-state index >= 15 is 0 Å². The van der Waals surface area contributed by atoms with Crippen molar-refractivity contribution < 1.29 is 27.5 Å². The molecule has 40 heavy (non-hydrogen) atoms. The molecule has 0 spiro atoms. The Labute approximate surface area is 236 Å². The van der Waals surface area contributed by atoms with E-state index in [1.165, 1.54) is 4.90 Å². The van der Waals surface area contributed by atoms with Gasteiger partial charge in [0.15, 0.2) is 0 Å². The Hall–Kier alpha value is -4.05. The molecular formula is C30H37N3O6S. The van der Waals surface area contributed by atoms with E-state index in [1.807, 2.05) is 50.2 Å². The molecule has 0 saturated carbocycles. The first-order valence-electron chi connectivity index (χ1n) is 13.1. The Balaban J connectivity index is 2.02. The van der Waals surface area contributed by atoms with Crippen LogP contribution in [0.15, 0.2) is 78.9 Å². The van der Waals surface area contributed by atoms with Crippen molar-refractivity contribution in [3.05, 3.63) is 90.0 Å². The van der Waals surface area contributed by atoms with Gasteiger partial charge in [-0.3, -0.25) is 13.9 Å². The van der Waals surface area contributed by atoms with Gasteiger partial charge in [0, 0.05) is 19.5 Å². The van der Waals surface area contributed by atoms with Gasteiger partial charge >= 0.3 is 0 Å². The van der Waals surface area contributed by atoms with Crippen LogP contribution >= 0.6 is 0 Å². The minimum atomic E-state index is -3.85. The van der Waals surface area contributed by atoms with E-state index in [4.69, 9.17) is 9.47 Å². The molecule has 0 fully saturated rings. The van der Waals surface area contributed by atoms with E-state index in [-0.39, 0.29) is 18.9 Å². The number of nitrogens with one attached hydrogen (secondary N) is 1. The monoisotopic (exact) mass is 567 g/mol. The summed E-state index contributed by atoms with van der Waals surface area (Å²) < 4.78 is 37.6. The van der Waals surface area contributed by atoms with E-state index in [0.29, 0.717) is 30.3 Å². The molecule has 9 nitrogen and oxygen atoms in total. The molecule has 214 valence electrons. The molecule has 0 aliphatic carbocycles. The van der Waals surface area contributed by atoms with Crippen molar-refractivity contribution in [3.63, 3.8) is 0 Å². The van der Waals surface area contributed by atoms with Crippen LogP contribution < -0.4 is 19.1 Å². The topological polar surface area (TPSA) is 105 Å². The van der Waals surface area contributed by atoms with Crippen LogP contribution in [0.5, 0.6) is 11.5 Å². The van der Waals surface area contributed by atoms with Crippen molar-refractivity contribution in [2.75, 3.05) is 37.4 Å². The maximum Gasteiger partial charge on any atom is 0.244 e. The van der Waals surface area contributed by atoms with Crippen LogP contribution in [0.1, 0.15) is 25.0 Å². The first-order valence-corrected chi connectivity index (χ1v) is 15.0. The molecule has 0 saturated heterocycles. The minimum absolute atomic E-state index is 0.0749. The summed E-state index contributed by atoms with van der Waals surface area (Å²) in [5.41, 5.74) is 1.92. The number of rotatable bonds is 14. The van der Waals surface area contributed by atoms with Crippen molar-refractivity contribution in [2.45, 2.75) is 32.9 Å². The first kappa shape index (κ1) is 30.5. The van der Waals surface area contributed by atoms with E-state index in [2.05, 4.69) is 5.32 Å². The van der Waals surface area contributed by atoms with Crippen LogP contribution in [-0.4, -0.2) is 64.2 Å². The number of methoxy groups -OCH3 is 1. The van der Waals surface area contributed by atoms with Crippen LogP contribution in [0.4, 0.5) is 5.69 Å². The molecule has 3 aromatic carbocycles. The van der Waals surface area contributed by atoms with Gasteiger partial charge in [0.2, 0.25) is 21.8 Å². The SMILES string of the molecule is CCNC(=O)[C@@H](Cc1ccccc1)N(Cc1cccc(OC)c1)C(=O)CN(c1ccc(OCC)cc1)S(C)(=O)=O. The van der Waals surface area contributed by atoms with Crippen molar-refractivity contribution in [1.82, 2.24) is 10.2 Å². The maximum absolute atomic E-state index is 14.0. The fraction of sp³-hybridized carbons (Fsp3) is 0.333. The molecule has 0 bridgehead atoms. The molecule has 1 atom stereocenters. The summed E-state index contributed by atoms with van der Waals surface area (Å²) >= 11 is 0. The molecule has 2 amide bonds. The highest BCUT2D eigenvalue weighted by molar-refractivity contribution is 7.92. The number of sulfonamides is 1. The Morgan fingerprint density at radius 3 is 2.17 bits per heavy atom. The number of carbonyl (C=O) groups is 2. The van der Waals surface area contributed by atoms with E-state index in [0.717, 1.165) is 21.7 Å². The third kappa shape index (κ3) is 8.47. The molecule has 10 heteroatoms. The zero-order chi connectivity index (χ0) is 29.1. The average molecular weight is 568 g/mol. The quantitative estimate of drug-likeness (QED) is 0.319. The molecule has 0 aliphatic rings. The van der Waals surface area contributed by atoms with Gasteiger partial charge in [-0.1, -0.05) is 42.5 Å². The normalized spacial score (nSPS) is 11.8. The maximum atomic E-state index is 14.0. The van der Waals surface area contributed by atoms with E-state index in [9.17, 15) is 18.0 Å². The van der Waals surface area contributed by atoms with Gasteiger partial charge in [-0.2, -0.15) is 0 Å². The highest BCUT2D eigenvalue weighted by Gasteiger charge is 2.33. The number of carbonyl (C=O) groups excluding carboxylic acids is 2. The third-order valence-corrected chi connectivity index (χ3v) is 7.36. The Bertz CT molecular complexity index is 1360. The summed E-state index contributed by atoms with van der Waals surface area (Å²) in [5.74, 6) is 0.350. The highest BCUT2D eigenvalue weighted by atomic mass is 32.2.